The Morgan fingerprint density at radius 2 is 2.03 bits per heavy atom. The van der Waals surface area contributed by atoms with E-state index in [0.717, 1.165) is 35.9 Å². The predicted octanol–water partition coefficient (Wildman–Crippen LogP) is 4.72. The van der Waals surface area contributed by atoms with Gasteiger partial charge in [-0.25, -0.2) is 4.98 Å². The van der Waals surface area contributed by atoms with Gasteiger partial charge in [-0.15, -0.1) is 0 Å². The van der Waals surface area contributed by atoms with Crippen LogP contribution in [0.15, 0.2) is 49.1 Å². The van der Waals surface area contributed by atoms with Crippen molar-refractivity contribution in [3.63, 3.8) is 0 Å². The van der Waals surface area contributed by atoms with E-state index in [1.807, 2.05) is 53.0 Å². The first kappa shape index (κ1) is 22.1. The number of aryl methyl sites for hydroxylation is 1. The highest BCUT2D eigenvalue weighted by Crippen LogP contribution is 2.28. The molecule has 2 aliphatic rings. The van der Waals surface area contributed by atoms with Gasteiger partial charge in [0.05, 0.1) is 0 Å². The first-order chi connectivity index (χ1) is 16.2. The molecule has 0 bridgehead atoms. The van der Waals surface area contributed by atoms with Gasteiger partial charge in [-0.1, -0.05) is 25.3 Å². The number of amides is 1. The molecule has 0 radical (unpaired) electrons. The highest BCUT2D eigenvalue weighted by Gasteiger charge is 2.30. The third-order valence-corrected chi connectivity index (χ3v) is 7.34. The number of rotatable bonds is 6. The van der Waals surface area contributed by atoms with Gasteiger partial charge in [0, 0.05) is 50.5 Å². The topological polar surface area (TPSA) is 53.7 Å². The van der Waals surface area contributed by atoms with Crippen molar-refractivity contribution < 1.29 is 4.79 Å². The number of fused-ring (bicyclic) bond motifs is 1. The van der Waals surface area contributed by atoms with Gasteiger partial charge in [0.2, 0.25) is 0 Å². The fraction of sp³-hybridized carbons (Fsp3) is 0.519. The van der Waals surface area contributed by atoms with Crippen molar-refractivity contribution >= 4 is 11.6 Å². The average molecular weight is 446 g/mol. The standard InChI is InChI=1S/C27H35N5O/c1-21-11-14-31-20-25(29-26(31)15-21)27(33)32(17-22-7-5-12-28-16-22)19-23-8-6-13-30(18-23)24-9-3-2-4-10-24/h5,7,11-12,14-16,20,23-24H,2-4,6,8-10,13,17-19H2,1H3. The number of carbonyl (C=O) groups is 1. The molecule has 0 spiro atoms. The fourth-order valence-corrected chi connectivity index (χ4v) is 5.62. The van der Waals surface area contributed by atoms with Crippen LogP contribution in [0.4, 0.5) is 0 Å². The Balaban J connectivity index is 1.35. The zero-order chi connectivity index (χ0) is 22.6. The van der Waals surface area contributed by atoms with E-state index in [0.29, 0.717) is 18.2 Å². The lowest BCUT2D eigenvalue weighted by molar-refractivity contribution is 0.0579. The molecule has 1 amide bonds. The van der Waals surface area contributed by atoms with Crippen LogP contribution in [-0.4, -0.2) is 55.8 Å². The van der Waals surface area contributed by atoms with E-state index in [-0.39, 0.29) is 5.91 Å². The Kier molecular flexibility index (Phi) is 6.72. The lowest BCUT2D eigenvalue weighted by Gasteiger charge is -2.41. The molecule has 33 heavy (non-hydrogen) atoms. The molecule has 1 aliphatic heterocycles. The Bertz CT molecular complexity index is 1070. The highest BCUT2D eigenvalue weighted by atomic mass is 16.2. The first-order valence-electron chi connectivity index (χ1n) is 12.5. The number of likely N-dealkylation sites (tertiary alicyclic amines) is 1. The summed E-state index contributed by atoms with van der Waals surface area (Å²) in [5, 5.41) is 0. The molecule has 0 aromatic carbocycles. The maximum atomic E-state index is 13.7. The first-order valence-corrected chi connectivity index (χ1v) is 12.5. The number of aromatic nitrogens is 3. The normalized spacial score (nSPS) is 20.2. The molecule has 174 valence electrons. The van der Waals surface area contributed by atoms with Crippen LogP contribution < -0.4 is 0 Å². The predicted molar refractivity (Wildman–Crippen MR) is 130 cm³/mol. The van der Waals surface area contributed by atoms with Gasteiger partial charge >= 0.3 is 0 Å². The van der Waals surface area contributed by atoms with Crippen molar-refractivity contribution in [3.05, 3.63) is 65.9 Å². The molecular formula is C27H35N5O. The molecule has 4 heterocycles. The van der Waals surface area contributed by atoms with Crippen LogP contribution in [0.2, 0.25) is 0 Å². The smallest absolute Gasteiger partial charge is 0.274 e. The van der Waals surface area contributed by atoms with Crippen LogP contribution >= 0.6 is 0 Å². The van der Waals surface area contributed by atoms with E-state index >= 15 is 0 Å². The van der Waals surface area contributed by atoms with E-state index in [1.54, 1.807) is 6.20 Å². The number of piperidine rings is 1. The van der Waals surface area contributed by atoms with E-state index in [4.69, 9.17) is 0 Å². The molecule has 1 aliphatic carbocycles. The number of carbonyl (C=O) groups excluding carboxylic acids is 1. The molecule has 1 saturated heterocycles. The highest BCUT2D eigenvalue weighted by molar-refractivity contribution is 5.93. The van der Waals surface area contributed by atoms with Gasteiger partial charge < -0.3 is 14.2 Å². The third-order valence-electron chi connectivity index (χ3n) is 7.34. The summed E-state index contributed by atoms with van der Waals surface area (Å²) in [7, 11) is 0. The van der Waals surface area contributed by atoms with E-state index in [2.05, 4.69) is 20.9 Å². The number of hydrogen-bond acceptors (Lipinski definition) is 4. The summed E-state index contributed by atoms with van der Waals surface area (Å²) in [5.74, 6) is 0.510. The van der Waals surface area contributed by atoms with Crippen molar-refractivity contribution in [1.82, 2.24) is 24.2 Å². The zero-order valence-electron chi connectivity index (χ0n) is 19.7. The van der Waals surface area contributed by atoms with Crippen molar-refractivity contribution in [3.8, 4) is 0 Å². The van der Waals surface area contributed by atoms with Gasteiger partial charge in [0.25, 0.3) is 5.91 Å². The number of hydrogen-bond donors (Lipinski definition) is 0. The average Bonchev–Trinajstić information content (AvgIpc) is 3.28. The Labute approximate surface area is 196 Å². The summed E-state index contributed by atoms with van der Waals surface area (Å²) in [4.78, 5) is 27.3. The molecule has 1 unspecified atom stereocenters. The fourth-order valence-electron chi connectivity index (χ4n) is 5.62. The lowest BCUT2D eigenvalue weighted by Crippen LogP contribution is -2.47. The minimum absolute atomic E-state index is 0.00926. The number of imidazole rings is 1. The SMILES string of the molecule is Cc1ccn2cc(C(=O)N(Cc3cccnc3)CC3CCCN(C4CCCCC4)C3)nc2c1. The van der Waals surface area contributed by atoms with Crippen molar-refractivity contribution in [2.75, 3.05) is 19.6 Å². The van der Waals surface area contributed by atoms with Gasteiger partial charge in [-0.05, 0) is 74.4 Å². The maximum absolute atomic E-state index is 13.7. The van der Waals surface area contributed by atoms with Gasteiger partial charge in [0.1, 0.15) is 11.3 Å². The second kappa shape index (κ2) is 10.0. The molecular weight excluding hydrogens is 410 g/mol. The Morgan fingerprint density at radius 3 is 2.85 bits per heavy atom. The summed E-state index contributed by atoms with van der Waals surface area (Å²) < 4.78 is 1.94. The minimum Gasteiger partial charge on any atom is -0.333 e. The van der Waals surface area contributed by atoms with Crippen LogP contribution in [0, 0.1) is 12.8 Å². The van der Waals surface area contributed by atoms with Gasteiger partial charge in [-0.3, -0.25) is 9.78 Å². The van der Waals surface area contributed by atoms with Crippen LogP contribution in [0.1, 0.15) is 66.6 Å². The Morgan fingerprint density at radius 1 is 1.15 bits per heavy atom. The number of pyridine rings is 2. The van der Waals surface area contributed by atoms with Crippen LogP contribution in [-0.2, 0) is 6.54 Å². The zero-order valence-corrected chi connectivity index (χ0v) is 19.7. The summed E-state index contributed by atoms with van der Waals surface area (Å²) in [6.45, 7) is 5.70. The molecule has 0 N–H and O–H groups in total. The van der Waals surface area contributed by atoms with Crippen molar-refractivity contribution in [2.45, 2.75) is 64.5 Å². The van der Waals surface area contributed by atoms with Crippen LogP contribution in [0.25, 0.3) is 5.65 Å². The monoisotopic (exact) mass is 445 g/mol. The lowest BCUT2D eigenvalue weighted by atomic mass is 9.90. The van der Waals surface area contributed by atoms with E-state index in [1.165, 1.54) is 51.5 Å². The summed E-state index contributed by atoms with van der Waals surface area (Å²) in [6, 6.07) is 8.79. The van der Waals surface area contributed by atoms with Crippen LogP contribution in [0.5, 0.6) is 0 Å². The summed E-state index contributed by atoms with van der Waals surface area (Å²) in [5.41, 5.74) is 3.54. The molecule has 1 atom stereocenters. The number of nitrogens with zero attached hydrogens (tertiary/aromatic N) is 5. The second-order valence-corrected chi connectivity index (χ2v) is 9.94. The minimum atomic E-state index is 0.00926. The molecule has 6 nitrogen and oxygen atoms in total. The second-order valence-electron chi connectivity index (χ2n) is 9.94. The van der Waals surface area contributed by atoms with E-state index < -0.39 is 0 Å². The third kappa shape index (κ3) is 5.27. The Hall–Kier alpha value is -2.73. The molecule has 1 saturated carbocycles. The quantitative estimate of drug-likeness (QED) is 0.551. The molecule has 3 aromatic heterocycles. The van der Waals surface area contributed by atoms with Gasteiger partial charge in [-0.2, -0.15) is 0 Å². The summed E-state index contributed by atoms with van der Waals surface area (Å²) in [6.07, 6.45) is 16.7. The van der Waals surface area contributed by atoms with Crippen LogP contribution in [0.3, 0.4) is 0 Å². The molecule has 5 rings (SSSR count). The van der Waals surface area contributed by atoms with E-state index in [9.17, 15) is 4.79 Å². The summed E-state index contributed by atoms with van der Waals surface area (Å²) >= 11 is 0. The molecule has 6 heteroatoms. The van der Waals surface area contributed by atoms with Gasteiger partial charge in [0.15, 0.2) is 0 Å². The molecule has 2 fully saturated rings. The largest absolute Gasteiger partial charge is 0.333 e. The maximum Gasteiger partial charge on any atom is 0.274 e. The van der Waals surface area contributed by atoms with Crippen molar-refractivity contribution in [1.29, 1.82) is 0 Å². The molecule has 3 aromatic rings. The van der Waals surface area contributed by atoms with Crippen molar-refractivity contribution in [2.24, 2.45) is 5.92 Å².